The topological polar surface area (TPSA) is 84.0 Å². The Kier molecular flexibility index (Phi) is 5.55. The van der Waals surface area contributed by atoms with Crippen molar-refractivity contribution < 1.29 is 8.42 Å². The fourth-order valence-corrected chi connectivity index (χ4v) is 6.50. The Morgan fingerprint density at radius 2 is 1.85 bits per heavy atom. The van der Waals surface area contributed by atoms with E-state index in [0.29, 0.717) is 9.09 Å². The minimum atomic E-state index is -3.72. The van der Waals surface area contributed by atoms with Crippen molar-refractivity contribution >= 4 is 44.8 Å². The minimum absolute atomic E-state index is 0.132. The van der Waals surface area contributed by atoms with Crippen LogP contribution in [0.25, 0.3) is 17.2 Å². The van der Waals surface area contributed by atoms with Crippen LogP contribution in [0.5, 0.6) is 0 Å². The summed E-state index contributed by atoms with van der Waals surface area (Å²) in [7, 11) is -3.72. The van der Waals surface area contributed by atoms with Gasteiger partial charge in [0.15, 0.2) is 0 Å². The fourth-order valence-electron chi connectivity index (χ4n) is 2.60. The molecule has 138 valence electrons. The van der Waals surface area contributed by atoms with E-state index in [9.17, 15) is 8.42 Å². The standard InChI is InChI=1S/C20H18N2O2S3/c1-3-13-7-9-14(10-8-13)15-5-4-6-16(11-15)27(23,24)18-12-17(19(21)22)26-20(18)25-2/h3-12H,1H2,2H3,(H3,21,22). The van der Waals surface area contributed by atoms with Crippen molar-refractivity contribution in [3.63, 3.8) is 0 Å². The quantitative estimate of drug-likeness (QED) is 0.341. The second-order valence-electron chi connectivity index (χ2n) is 5.74. The van der Waals surface area contributed by atoms with Crippen molar-refractivity contribution in [2.45, 2.75) is 14.0 Å². The molecule has 0 spiro atoms. The third-order valence-corrected chi connectivity index (χ3v) is 8.37. The molecule has 1 heterocycles. The van der Waals surface area contributed by atoms with Gasteiger partial charge in [0.25, 0.3) is 0 Å². The number of benzene rings is 2. The van der Waals surface area contributed by atoms with Crippen LogP contribution in [-0.4, -0.2) is 20.5 Å². The summed E-state index contributed by atoms with van der Waals surface area (Å²) in [6.45, 7) is 3.74. The highest BCUT2D eigenvalue weighted by Crippen LogP contribution is 2.37. The van der Waals surface area contributed by atoms with E-state index in [1.54, 1.807) is 24.3 Å². The molecule has 27 heavy (non-hydrogen) atoms. The number of rotatable bonds is 6. The number of thioether (sulfide) groups is 1. The molecule has 0 atom stereocenters. The maximum atomic E-state index is 13.2. The van der Waals surface area contributed by atoms with E-state index >= 15 is 0 Å². The molecule has 2 aromatic carbocycles. The molecular formula is C20H18N2O2S3. The number of nitrogens with two attached hydrogens (primary N) is 1. The van der Waals surface area contributed by atoms with Gasteiger partial charge in [-0.2, -0.15) is 0 Å². The second-order valence-corrected chi connectivity index (χ2v) is 9.78. The number of nitrogens with one attached hydrogen (secondary N) is 1. The molecule has 0 amide bonds. The monoisotopic (exact) mass is 414 g/mol. The fraction of sp³-hybridized carbons (Fsp3) is 0.0500. The molecule has 0 fully saturated rings. The SMILES string of the molecule is C=Cc1ccc(-c2cccc(S(=O)(=O)c3cc(C(=N)N)sc3SC)c2)cc1. The molecule has 3 aromatic rings. The van der Waals surface area contributed by atoms with Crippen LogP contribution in [0.15, 0.2) is 75.2 Å². The summed E-state index contributed by atoms with van der Waals surface area (Å²) in [6, 6.07) is 16.1. The molecule has 0 saturated heterocycles. The highest BCUT2D eigenvalue weighted by molar-refractivity contribution is 8.01. The normalized spacial score (nSPS) is 11.3. The van der Waals surface area contributed by atoms with Crippen molar-refractivity contribution in [1.29, 1.82) is 5.41 Å². The maximum absolute atomic E-state index is 13.2. The smallest absolute Gasteiger partial charge is 0.208 e. The van der Waals surface area contributed by atoms with E-state index in [0.717, 1.165) is 16.7 Å². The molecule has 3 rings (SSSR count). The van der Waals surface area contributed by atoms with Gasteiger partial charge in [-0.25, -0.2) is 8.42 Å². The Morgan fingerprint density at radius 1 is 1.15 bits per heavy atom. The molecule has 0 radical (unpaired) electrons. The largest absolute Gasteiger partial charge is 0.383 e. The molecule has 0 unspecified atom stereocenters. The molecule has 4 nitrogen and oxygen atoms in total. The van der Waals surface area contributed by atoms with Crippen LogP contribution in [0.1, 0.15) is 10.4 Å². The Hall–Kier alpha value is -2.35. The molecule has 0 saturated carbocycles. The van der Waals surface area contributed by atoms with Crippen LogP contribution >= 0.6 is 23.1 Å². The summed E-state index contributed by atoms with van der Waals surface area (Å²) < 4.78 is 27.0. The van der Waals surface area contributed by atoms with E-state index in [2.05, 4.69) is 6.58 Å². The first-order valence-corrected chi connectivity index (χ1v) is 11.5. The first-order valence-electron chi connectivity index (χ1n) is 7.97. The predicted octanol–water partition coefficient (Wildman–Crippen LogP) is 4.90. The van der Waals surface area contributed by atoms with Crippen molar-refractivity contribution in [2.24, 2.45) is 5.73 Å². The third kappa shape index (κ3) is 3.85. The molecule has 0 aliphatic rings. The molecule has 1 aromatic heterocycles. The number of hydrogen-bond acceptors (Lipinski definition) is 5. The van der Waals surface area contributed by atoms with Crippen LogP contribution in [0.3, 0.4) is 0 Å². The van der Waals surface area contributed by atoms with Gasteiger partial charge in [0.1, 0.15) is 5.84 Å². The van der Waals surface area contributed by atoms with Gasteiger partial charge in [0.05, 0.1) is 18.9 Å². The molecule has 7 heteroatoms. The lowest BCUT2D eigenvalue weighted by Gasteiger charge is -2.08. The molecule has 0 bridgehead atoms. The number of nitrogen functional groups attached to an aromatic ring is 1. The van der Waals surface area contributed by atoms with Crippen LogP contribution < -0.4 is 5.73 Å². The van der Waals surface area contributed by atoms with Crippen LogP contribution in [0, 0.1) is 5.41 Å². The zero-order valence-electron chi connectivity index (χ0n) is 14.6. The van der Waals surface area contributed by atoms with Crippen molar-refractivity contribution in [3.05, 3.63) is 71.6 Å². The number of hydrogen-bond donors (Lipinski definition) is 2. The molecular weight excluding hydrogens is 396 g/mol. The van der Waals surface area contributed by atoms with Gasteiger partial charge >= 0.3 is 0 Å². The van der Waals surface area contributed by atoms with Gasteiger partial charge in [0.2, 0.25) is 9.84 Å². The van der Waals surface area contributed by atoms with Gasteiger partial charge < -0.3 is 5.73 Å². The Morgan fingerprint density at radius 3 is 2.44 bits per heavy atom. The van der Waals surface area contributed by atoms with Gasteiger partial charge in [0, 0.05) is 0 Å². The van der Waals surface area contributed by atoms with E-state index in [1.807, 2.05) is 36.6 Å². The average Bonchev–Trinajstić information content (AvgIpc) is 3.14. The Balaban J connectivity index is 2.08. The summed E-state index contributed by atoms with van der Waals surface area (Å²) in [6.07, 6.45) is 3.57. The van der Waals surface area contributed by atoms with Crippen molar-refractivity contribution in [2.75, 3.05) is 6.26 Å². The van der Waals surface area contributed by atoms with E-state index in [-0.39, 0.29) is 15.6 Å². The second kappa shape index (κ2) is 7.72. The van der Waals surface area contributed by atoms with Crippen LogP contribution in [0.4, 0.5) is 0 Å². The average molecular weight is 415 g/mol. The summed E-state index contributed by atoms with van der Waals surface area (Å²) in [5, 5.41) is 7.59. The molecule has 3 N–H and O–H groups in total. The maximum Gasteiger partial charge on any atom is 0.208 e. The minimum Gasteiger partial charge on any atom is -0.383 e. The van der Waals surface area contributed by atoms with Crippen molar-refractivity contribution in [3.8, 4) is 11.1 Å². The summed E-state index contributed by atoms with van der Waals surface area (Å²) in [5.41, 5.74) is 8.29. The number of thiophene rings is 1. The lowest BCUT2D eigenvalue weighted by Crippen LogP contribution is -2.08. The number of amidine groups is 1. The highest BCUT2D eigenvalue weighted by Gasteiger charge is 2.25. The Bertz CT molecular complexity index is 1110. The first-order chi connectivity index (χ1) is 12.9. The summed E-state index contributed by atoms with van der Waals surface area (Å²) >= 11 is 2.56. The summed E-state index contributed by atoms with van der Waals surface area (Å²) in [4.78, 5) is 0.870. The molecule has 0 aliphatic carbocycles. The zero-order chi connectivity index (χ0) is 19.6. The van der Waals surface area contributed by atoms with Crippen molar-refractivity contribution in [1.82, 2.24) is 0 Å². The third-order valence-electron chi connectivity index (χ3n) is 4.03. The molecule has 0 aliphatic heterocycles. The van der Waals surface area contributed by atoms with Crippen LogP contribution in [-0.2, 0) is 9.84 Å². The van der Waals surface area contributed by atoms with E-state index in [4.69, 9.17) is 11.1 Å². The highest BCUT2D eigenvalue weighted by atomic mass is 32.2. The van der Waals surface area contributed by atoms with E-state index < -0.39 is 9.84 Å². The van der Waals surface area contributed by atoms with E-state index in [1.165, 1.54) is 29.2 Å². The van der Waals surface area contributed by atoms with Crippen LogP contribution in [0.2, 0.25) is 0 Å². The lowest BCUT2D eigenvalue weighted by atomic mass is 10.0. The first kappa shape index (κ1) is 19.4. The lowest BCUT2D eigenvalue weighted by molar-refractivity contribution is 0.595. The summed E-state index contributed by atoms with van der Waals surface area (Å²) in [5.74, 6) is -0.132. The predicted molar refractivity (Wildman–Crippen MR) is 115 cm³/mol. The number of sulfone groups is 1. The van der Waals surface area contributed by atoms with Gasteiger partial charge in [-0.15, -0.1) is 23.1 Å². The van der Waals surface area contributed by atoms with Gasteiger partial charge in [-0.05, 0) is 41.1 Å². The Labute approximate surface area is 167 Å². The zero-order valence-corrected chi connectivity index (χ0v) is 17.0. The van der Waals surface area contributed by atoms with Gasteiger partial charge in [-0.3, -0.25) is 5.41 Å². The van der Waals surface area contributed by atoms with Gasteiger partial charge in [-0.1, -0.05) is 49.1 Å².